The van der Waals surface area contributed by atoms with Crippen LogP contribution in [-0.4, -0.2) is 37.3 Å². The van der Waals surface area contributed by atoms with Gasteiger partial charge in [-0.3, -0.25) is 0 Å². The van der Waals surface area contributed by atoms with Crippen LogP contribution in [0.4, 0.5) is 5.82 Å². The van der Waals surface area contributed by atoms with Crippen LogP contribution in [0.1, 0.15) is 6.42 Å². The minimum atomic E-state index is 0.618. The maximum absolute atomic E-state index is 6.48. The number of ether oxygens (including phenoxy) is 2. The van der Waals surface area contributed by atoms with Crippen LogP contribution in [0.25, 0.3) is 22.2 Å². The van der Waals surface area contributed by atoms with Crippen molar-refractivity contribution in [2.24, 2.45) is 0 Å². The van der Waals surface area contributed by atoms with Crippen LogP contribution in [0.5, 0.6) is 11.5 Å². The molecular formula is C19H18ClN3O2. The molecule has 4 rings (SSSR count). The molecule has 1 aliphatic rings. The summed E-state index contributed by atoms with van der Waals surface area (Å²) in [5, 5.41) is 1.45. The Morgan fingerprint density at radius 3 is 2.40 bits per heavy atom. The molecule has 1 fully saturated rings. The Kier molecular flexibility index (Phi) is 4.09. The first-order chi connectivity index (χ1) is 12.2. The number of pyridine rings is 2. The molecule has 5 nitrogen and oxygen atoms in total. The van der Waals surface area contributed by atoms with Crippen LogP contribution < -0.4 is 14.4 Å². The first-order valence-corrected chi connectivity index (χ1v) is 8.51. The minimum absolute atomic E-state index is 0.618. The molecule has 1 saturated heterocycles. The third kappa shape index (κ3) is 2.85. The summed E-state index contributed by atoms with van der Waals surface area (Å²) in [6.45, 7) is 2.15. The summed E-state index contributed by atoms with van der Waals surface area (Å²) in [5.74, 6) is 2.27. The van der Waals surface area contributed by atoms with E-state index in [0.717, 1.165) is 41.1 Å². The van der Waals surface area contributed by atoms with E-state index in [1.54, 1.807) is 14.2 Å². The second-order valence-electron chi connectivity index (χ2n) is 5.96. The Morgan fingerprint density at radius 1 is 1.04 bits per heavy atom. The summed E-state index contributed by atoms with van der Waals surface area (Å²) < 4.78 is 10.7. The number of hydrogen-bond donors (Lipinski definition) is 0. The first-order valence-electron chi connectivity index (χ1n) is 8.13. The van der Waals surface area contributed by atoms with E-state index in [2.05, 4.69) is 9.88 Å². The number of halogens is 1. The van der Waals surface area contributed by atoms with E-state index >= 15 is 0 Å². The smallest absolute Gasteiger partial charge is 0.162 e. The van der Waals surface area contributed by atoms with Crippen molar-refractivity contribution >= 4 is 28.3 Å². The number of aromatic nitrogens is 2. The normalized spacial score (nSPS) is 13.6. The topological polar surface area (TPSA) is 47.5 Å². The highest BCUT2D eigenvalue weighted by Crippen LogP contribution is 2.36. The van der Waals surface area contributed by atoms with Crippen molar-refractivity contribution < 1.29 is 9.47 Å². The van der Waals surface area contributed by atoms with Crippen molar-refractivity contribution in [3.05, 3.63) is 41.6 Å². The molecule has 0 unspecified atom stereocenters. The van der Waals surface area contributed by atoms with Crippen LogP contribution in [-0.2, 0) is 0 Å². The maximum Gasteiger partial charge on any atom is 0.162 e. The predicted octanol–water partition coefficient (Wildman–Crippen LogP) is 4.18. The van der Waals surface area contributed by atoms with E-state index in [0.29, 0.717) is 16.5 Å². The van der Waals surface area contributed by atoms with Crippen LogP contribution >= 0.6 is 11.6 Å². The third-order valence-corrected chi connectivity index (χ3v) is 4.80. The molecule has 0 spiro atoms. The monoisotopic (exact) mass is 355 g/mol. The van der Waals surface area contributed by atoms with Crippen LogP contribution in [0.3, 0.4) is 0 Å². The molecule has 128 valence electrons. The quantitative estimate of drug-likeness (QED) is 0.702. The number of methoxy groups -OCH3 is 2. The number of nitrogens with zero attached hydrogens (tertiary/aromatic N) is 3. The molecule has 0 atom stereocenters. The lowest BCUT2D eigenvalue weighted by atomic mass is 10.1. The fourth-order valence-corrected chi connectivity index (χ4v) is 3.18. The van der Waals surface area contributed by atoms with Gasteiger partial charge in [0.2, 0.25) is 0 Å². The van der Waals surface area contributed by atoms with Gasteiger partial charge in [0, 0.05) is 36.3 Å². The van der Waals surface area contributed by atoms with Gasteiger partial charge in [-0.2, -0.15) is 0 Å². The average molecular weight is 356 g/mol. The number of benzene rings is 1. The Hall–Kier alpha value is -2.53. The molecule has 3 heterocycles. The second-order valence-corrected chi connectivity index (χ2v) is 6.37. The Bertz CT molecular complexity index is 924. The molecular weight excluding hydrogens is 338 g/mol. The average Bonchev–Trinajstić information content (AvgIpc) is 2.59. The molecule has 25 heavy (non-hydrogen) atoms. The summed E-state index contributed by atoms with van der Waals surface area (Å²) in [4.78, 5) is 11.5. The number of hydrogen-bond acceptors (Lipinski definition) is 5. The van der Waals surface area contributed by atoms with Crippen molar-refractivity contribution in [2.45, 2.75) is 6.42 Å². The molecule has 0 N–H and O–H groups in total. The van der Waals surface area contributed by atoms with Gasteiger partial charge >= 0.3 is 0 Å². The van der Waals surface area contributed by atoms with Crippen molar-refractivity contribution in [3.8, 4) is 22.8 Å². The van der Waals surface area contributed by atoms with Crippen molar-refractivity contribution in [3.63, 3.8) is 0 Å². The van der Waals surface area contributed by atoms with Crippen molar-refractivity contribution in [1.82, 2.24) is 9.97 Å². The number of anilines is 1. The first kappa shape index (κ1) is 16.0. The zero-order chi connectivity index (χ0) is 17.4. The molecule has 1 aromatic carbocycles. The van der Waals surface area contributed by atoms with Gasteiger partial charge < -0.3 is 14.4 Å². The molecule has 2 aromatic heterocycles. The largest absolute Gasteiger partial charge is 0.493 e. The summed E-state index contributed by atoms with van der Waals surface area (Å²) in [6, 6.07) is 9.61. The van der Waals surface area contributed by atoms with E-state index in [1.165, 1.54) is 6.42 Å². The molecule has 0 aliphatic carbocycles. The molecule has 0 radical (unpaired) electrons. The van der Waals surface area contributed by atoms with Gasteiger partial charge in [-0.25, -0.2) is 9.97 Å². The lowest BCUT2D eigenvalue weighted by Crippen LogP contribution is -2.37. The zero-order valence-corrected chi connectivity index (χ0v) is 14.9. The van der Waals surface area contributed by atoms with Gasteiger partial charge in [0.25, 0.3) is 0 Å². The lowest BCUT2D eigenvalue weighted by Gasteiger charge is -2.31. The van der Waals surface area contributed by atoms with Gasteiger partial charge in [0.15, 0.2) is 11.5 Å². The van der Waals surface area contributed by atoms with Gasteiger partial charge in [-0.05, 0) is 30.7 Å². The van der Waals surface area contributed by atoms with Crippen LogP contribution in [0.15, 0.2) is 36.5 Å². The number of fused-ring (bicyclic) bond motifs is 1. The predicted molar refractivity (Wildman–Crippen MR) is 99.9 cm³/mol. The summed E-state index contributed by atoms with van der Waals surface area (Å²) in [6.07, 6.45) is 3.08. The van der Waals surface area contributed by atoms with Crippen LogP contribution in [0.2, 0.25) is 5.02 Å². The Labute approximate surface area is 151 Å². The molecule has 1 aliphatic heterocycles. The zero-order valence-electron chi connectivity index (χ0n) is 14.1. The highest BCUT2D eigenvalue weighted by Gasteiger charge is 2.16. The molecule has 6 heteroatoms. The molecule has 0 bridgehead atoms. The van der Waals surface area contributed by atoms with Crippen molar-refractivity contribution in [2.75, 3.05) is 32.2 Å². The SMILES string of the molecule is COc1cc2nc(-c3ccc(N4CCC4)nc3)cc(Cl)c2cc1OC. The van der Waals surface area contributed by atoms with Gasteiger partial charge in [0.05, 0.1) is 30.5 Å². The second kappa shape index (κ2) is 6.41. The van der Waals surface area contributed by atoms with E-state index in [1.807, 2.05) is 36.5 Å². The number of rotatable bonds is 4. The van der Waals surface area contributed by atoms with Gasteiger partial charge in [-0.15, -0.1) is 0 Å². The fourth-order valence-electron chi connectivity index (χ4n) is 2.93. The van der Waals surface area contributed by atoms with Crippen LogP contribution in [0, 0.1) is 0 Å². The Balaban J connectivity index is 1.76. The van der Waals surface area contributed by atoms with E-state index < -0.39 is 0 Å². The summed E-state index contributed by atoms with van der Waals surface area (Å²) in [5.41, 5.74) is 2.47. The van der Waals surface area contributed by atoms with E-state index in [4.69, 9.17) is 26.1 Å². The summed E-state index contributed by atoms with van der Waals surface area (Å²) >= 11 is 6.48. The van der Waals surface area contributed by atoms with E-state index in [-0.39, 0.29) is 0 Å². The highest BCUT2D eigenvalue weighted by atomic mass is 35.5. The standard InChI is InChI=1S/C19H18ClN3O2/c1-24-17-8-13-14(20)9-15(22-16(13)10-18(17)25-2)12-4-5-19(21-11-12)23-6-3-7-23/h4-5,8-11H,3,6-7H2,1-2H3. The third-order valence-electron chi connectivity index (χ3n) is 4.49. The Morgan fingerprint density at radius 2 is 1.80 bits per heavy atom. The lowest BCUT2D eigenvalue weighted by molar-refractivity contribution is 0.356. The molecule has 0 saturated carbocycles. The fraction of sp³-hybridized carbons (Fsp3) is 0.263. The van der Waals surface area contributed by atoms with Crippen molar-refractivity contribution in [1.29, 1.82) is 0 Å². The molecule has 3 aromatic rings. The van der Waals surface area contributed by atoms with Gasteiger partial charge in [-0.1, -0.05) is 11.6 Å². The van der Waals surface area contributed by atoms with E-state index in [9.17, 15) is 0 Å². The molecule has 0 amide bonds. The minimum Gasteiger partial charge on any atom is -0.493 e. The maximum atomic E-state index is 6.48. The highest BCUT2D eigenvalue weighted by molar-refractivity contribution is 6.35. The summed E-state index contributed by atoms with van der Waals surface area (Å²) in [7, 11) is 3.21. The van der Waals surface area contributed by atoms with Gasteiger partial charge in [0.1, 0.15) is 5.82 Å².